The number of pyridine rings is 2. The monoisotopic (exact) mass is 373 g/mol. The molecule has 0 spiro atoms. The molecule has 1 aliphatic heterocycles. The predicted octanol–water partition coefficient (Wildman–Crippen LogP) is 2.68. The molecule has 2 N–H and O–H groups in total. The van der Waals surface area contributed by atoms with Gasteiger partial charge in [-0.1, -0.05) is 17.7 Å². The molecule has 0 aromatic carbocycles. The third-order valence-electron chi connectivity index (χ3n) is 3.53. The molecule has 0 radical (unpaired) electrons. The zero-order chi connectivity index (χ0) is 17.9. The Balaban J connectivity index is 1.68. The Kier molecular flexibility index (Phi) is 4.55. The molecule has 4 rings (SSSR count). The van der Waals surface area contributed by atoms with Crippen LogP contribution in [0.5, 0.6) is 0 Å². The van der Waals surface area contributed by atoms with Gasteiger partial charge in [-0.05, 0) is 24.3 Å². The van der Waals surface area contributed by atoms with E-state index in [4.69, 9.17) is 16.3 Å². The summed E-state index contributed by atoms with van der Waals surface area (Å²) in [5, 5.41) is 6.49. The van der Waals surface area contributed by atoms with Crippen LogP contribution in [0.1, 0.15) is 0 Å². The van der Waals surface area contributed by atoms with E-state index >= 15 is 0 Å². The van der Waals surface area contributed by atoms with Crippen LogP contribution in [-0.4, -0.2) is 44.2 Å². The summed E-state index contributed by atoms with van der Waals surface area (Å²) < 4.78 is 18.1. The van der Waals surface area contributed by atoms with Crippen molar-refractivity contribution in [3.05, 3.63) is 47.6 Å². The van der Waals surface area contributed by atoms with E-state index in [0.717, 1.165) is 0 Å². The minimum atomic E-state index is -0.567. The predicted molar refractivity (Wildman–Crippen MR) is 93.8 cm³/mol. The molecular weight excluding hydrogens is 361 g/mol. The van der Waals surface area contributed by atoms with Crippen LogP contribution in [0, 0.1) is 5.95 Å². The highest BCUT2D eigenvalue weighted by Gasteiger charge is 2.20. The first-order valence-electron chi connectivity index (χ1n) is 7.77. The van der Waals surface area contributed by atoms with Crippen LogP contribution in [0.2, 0.25) is 5.15 Å². The quantitative estimate of drug-likeness (QED) is 0.659. The molecule has 1 saturated heterocycles. The molecule has 0 aliphatic carbocycles. The van der Waals surface area contributed by atoms with E-state index in [1.165, 1.54) is 18.3 Å². The van der Waals surface area contributed by atoms with Crippen LogP contribution in [0.4, 0.5) is 22.0 Å². The minimum absolute atomic E-state index is 0.137. The first-order valence-corrected chi connectivity index (χ1v) is 8.15. The number of nitrogens with zero attached hydrogens (tertiary/aromatic N) is 5. The van der Waals surface area contributed by atoms with E-state index in [9.17, 15) is 4.39 Å². The van der Waals surface area contributed by atoms with Gasteiger partial charge in [-0.3, -0.25) is 0 Å². The van der Waals surface area contributed by atoms with Gasteiger partial charge in [0.25, 0.3) is 0 Å². The SMILES string of the molecule is Fc1ccc(Nc2nc(NC3COC3)nc(-c3cccc(Cl)n3)n2)cn1. The Hall–Kier alpha value is -2.91. The van der Waals surface area contributed by atoms with Gasteiger partial charge in [-0.25, -0.2) is 9.97 Å². The summed E-state index contributed by atoms with van der Waals surface area (Å²) in [6.45, 7) is 1.17. The van der Waals surface area contributed by atoms with Crippen molar-refractivity contribution in [3.63, 3.8) is 0 Å². The zero-order valence-electron chi connectivity index (χ0n) is 13.4. The lowest BCUT2D eigenvalue weighted by Gasteiger charge is -2.26. The Morgan fingerprint density at radius 2 is 1.88 bits per heavy atom. The van der Waals surface area contributed by atoms with Crippen LogP contribution in [0.15, 0.2) is 36.5 Å². The second-order valence-corrected chi connectivity index (χ2v) is 5.91. The van der Waals surface area contributed by atoms with Crippen molar-refractivity contribution >= 4 is 29.2 Å². The molecule has 132 valence electrons. The summed E-state index contributed by atoms with van der Waals surface area (Å²) in [5.41, 5.74) is 1.05. The Bertz CT molecular complexity index is 921. The zero-order valence-corrected chi connectivity index (χ0v) is 14.1. The first kappa shape index (κ1) is 16.6. The van der Waals surface area contributed by atoms with Crippen molar-refractivity contribution in [1.82, 2.24) is 24.9 Å². The van der Waals surface area contributed by atoms with Gasteiger partial charge in [-0.2, -0.15) is 19.3 Å². The molecule has 0 bridgehead atoms. The van der Waals surface area contributed by atoms with Gasteiger partial charge in [0.1, 0.15) is 10.8 Å². The number of nitrogens with one attached hydrogen (secondary N) is 2. The van der Waals surface area contributed by atoms with Crippen LogP contribution in [-0.2, 0) is 4.74 Å². The van der Waals surface area contributed by atoms with Crippen LogP contribution < -0.4 is 10.6 Å². The first-order chi connectivity index (χ1) is 12.7. The van der Waals surface area contributed by atoms with Gasteiger partial charge >= 0.3 is 0 Å². The summed E-state index contributed by atoms with van der Waals surface area (Å²) in [7, 11) is 0. The van der Waals surface area contributed by atoms with Crippen LogP contribution in [0.3, 0.4) is 0 Å². The molecule has 0 unspecified atom stereocenters. The third-order valence-corrected chi connectivity index (χ3v) is 3.74. The van der Waals surface area contributed by atoms with Crippen molar-refractivity contribution < 1.29 is 9.13 Å². The number of halogens is 2. The van der Waals surface area contributed by atoms with Crippen LogP contribution in [0.25, 0.3) is 11.5 Å². The lowest BCUT2D eigenvalue weighted by molar-refractivity contribution is 0.0208. The Labute approximate surface area is 152 Å². The minimum Gasteiger partial charge on any atom is -0.377 e. The maximum atomic E-state index is 13.0. The maximum Gasteiger partial charge on any atom is 0.232 e. The fraction of sp³-hybridized carbons (Fsp3) is 0.188. The highest BCUT2D eigenvalue weighted by molar-refractivity contribution is 6.29. The summed E-state index contributed by atoms with van der Waals surface area (Å²) in [6, 6.07) is 8.10. The van der Waals surface area contributed by atoms with Crippen molar-refractivity contribution in [3.8, 4) is 11.5 Å². The van der Waals surface area contributed by atoms with Crippen molar-refractivity contribution in [2.45, 2.75) is 6.04 Å². The summed E-state index contributed by atoms with van der Waals surface area (Å²) in [5.74, 6) is 0.431. The van der Waals surface area contributed by atoms with E-state index in [-0.39, 0.29) is 12.0 Å². The van der Waals surface area contributed by atoms with Gasteiger partial charge in [0, 0.05) is 0 Å². The summed E-state index contributed by atoms with van der Waals surface area (Å²) >= 11 is 5.96. The molecule has 8 nitrogen and oxygen atoms in total. The molecule has 10 heteroatoms. The van der Waals surface area contributed by atoms with Crippen LogP contribution >= 0.6 is 11.6 Å². The maximum absolute atomic E-state index is 13.0. The number of ether oxygens (including phenoxy) is 1. The molecule has 1 aliphatic rings. The van der Waals surface area contributed by atoms with E-state index < -0.39 is 5.95 Å². The standard InChI is InChI=1S/C16H13ClFN7O/c17-12-3-1-2-11(22-12)14-23-15(20-9-4-5-13(18)19-6-9)25-16(24-14)21-10-7-26-8-10/h1-6,10H,7-8H2,(H2,20,21,23,24,25). The normalized spacial score (nSPS) is 13.9. The fourth-order valence-electron chi connectivity index (χ4n) is 2.22. The van der Waals surface area contributed by atoms with Crippen molar-refractivity contribution in [1.29, 1.82) is 0 Å². The van der Waals surface area contributed by atoms with Crippen molar-refractivity contribution in [2.24, 2.45) is 0 Å². The third kappa shape index (κ3) is 3.84. The topological polar surface area (TPSA) is 97.7 Å². The summed E-state index contributed by atoms with van der Waals surface area (Å²) in [6.07, 6.45) is 1.35. The Morgan fingerprint density at radius 1 is 1.04 bits per heavy atom. The molecule has 1 fully saturated rings. The average molecular weight is 374 g/mol. The van der Waals surface area contributed by atoms with Gasteiger partial charge < -0.3 is 15.4 Å². The van der Waals surface area contributed by atoms with E-state index in [1.807, 2.05) is 0 Å². The number of rotatable bonds is 5. The van der Waals surface area contributed by atoms with Gasteiger partial charge in [0.2, 0.25) is 17.8 Å². The molecule has 4 heterocycles. The van der Waals surface area contributed by atoms with E-state index in [1.54, 1.807) is 18.2 Å². The molecule has 0 atom stereocenters. The molecule has 0 amide bonds. The second-order valence-electron chi connectivity index (χ2n) is 5.53. The lowest BCUT2D eigenvalue weighted by Crippen LogP contribution is -2.40. The number of hydrogen-bond acceptors (Lipinski definition) is 8. The number of aromatic nitrogens is 5. The van der Waals surface area contributed by atoms with Crippen molar-refractivity contribution in [2.75, 3.05) is 23.8 Å². The lowest BCUT2D eigenvalue weighted by atomic mass is 10.3. The number of hydrogen-bond donors (Lipinski definition) is 2. The molecule has 26 heavy (non-hydrogen) atoms. The average Bonchev–Trinajstić information content (AvgIpc) is 2.60. The Morgan fingerprint density at radius 3 is 2.58 bits per heavy atom. The molecule has 3 aromatic rings. The number of anilines is 3. The summed E-state index contributed by atoms with van der Waals surface area (Å²) in [4.78, 5) is 20.9. The molecule has 3 aromatic heterocycles. The highest BCUT2D eigenvalue weighted by atomic mass is 35.5. The van der Waals surface area contributed by atoms with Gasteiger partial charge in [-0.15, -0.1) is 0 Å². The fourth-order valence-corrected chi connectivity index (χ4v) is 2.39. The smallest absolute Gasteiger partial charge is 0.232 e. The van der Waals surface area contributed by atoms with E-state index in [2.05, 4.69) is 35.6 Å². The molecule has 0 saturated carbocycles. The van der Waals surface area contributed by atoms with Gasteiger partial charge in [0.15, 0.2) is 5.82 Å². The highest BCUT2D eigenvalue weighted by Crippen LogP contribution is 2.21. The second kappa shape index (κ2) is 7.14. The largest absolute Gasteiger partial charge is 0.377 e. The van der Waals surface area contributed by atoms with E-state index in [0.29, 0.717) is 41.5 Å². The molecular formula is C16H13ClFN7O. The van der Waals surface area contributed by atoms with Gasteiger partial charge in [0.05, 0.1) is 31.1 Å².